The number of benzene rings is 3. The minimum atomic E-state index is -0.746. The average Bonchev–Trinajstić information content (AvgIpc) is 3.67. The van der Waals surface area contributed by atoms with Crippen molar-refractivity contribution in [3.63, 3.8) is 0 Å². The second kappa shape index (κ2) is 17.2. The van der Waals surface area contributed by atoms with Crippen molar-refractivity contribution in [1.82, 2.24) is 29.2 Å². The maximum Gasteiger partial charge on any atom is 0.438 e. The number of nitrogens with one attached hydrogen (secondary N) is 4. The molecule has 4 aliphatic rings. The molecule has 2 saturated heterocycles. The normalized spacial score (nSPS) is 22.3. The number of imidazole rings is 1. The number of aryl methyl sites for hydroxylation is 2. The molecular weight excluding hydrogens is 847 g/mol. The van der Waals surface area contributed by atoms with Crippen LogP contribution in [-0.4, -0.2) is 78.5 Å². The van der Waals surface area contributed by atoms with Crippen molar-refractivity contribution >= 4 is 40.2 Å². The number of halogens is 2. The first-order chi connectivity index (χ1) is 31.5. The number of carbonyl (C=O) groups excluding carboxylic acids is 1. The number of nitrogens with zero attached hydrogens (tertiary/aromatic N) is 5. The number of H-pyrrole nitrogens is 2. The second-order valence-electron chi connectivity index (χ2n) is 18.6. The van der Waals surface area contributed by atoms with Crippen molar-refractivity contribution in [3.8, 4) is 5.69 Å². The molecule has 0 spiro atoms. The number of carbonyl (C=O) groups is 1. The highest BCUT2D eigenvalue weighted by Gasteiger charge is 2.46. The molecule has 1 saturated carbocycles. The molecule has 10 rings (SSSR count). The van der Waals surface area contributed by atoms with Crippen molar-refractivity contribution in [1.29, 1.82) is 5.41 Å². The van der Waals surface area contributed by atoms with Gasteiger partial charge in [0.15, 0.2) is 11.6 Å². The SMILES string of the molecule is CC1CC1c1noc(=O)[nH]1.CNc1ccc(-n2ccn(C(=Nc3cc(C)c(F)c(C)c3)C3=C(N)CC4CCC3N4C(=O)c3cc4cc(C5CCOC(C)(C)C5)ccc4[nH]3)c2=O)c(F)c1C=N. The van der Waals surface area contributed by atoms with Crippen molar-refractivity contribution in [2.45, 2.75) is 103 Å². The molecule has 6 heterocycles. The molecule has 3 fully saturated rings. The number of aromatic nitrogens is 5. The fourth-order valence-electron chi connectivity index (χ4n) is 10.0. The average molecular weight is 901 g/mol. The molecular formula is C49H54F2N10O5. The summed E-state index contributed by atoms with van der Waals surface area (Å²) < 4.78 is 43.4. The Morgan fingerprint density at radius 3 is 2.45 bits per heavy atom. The van der Waals surface area contributed by atoms with Crippen LogP contribution in [0.25, 0.3) is 16.6 Å². The summed E-state index contributed by atoms with van der Waals surface area (Å²) in [7, 11) is 1.62. The van der Waals surface area contributed by atoms with Gasteiger partial charge < -0.3 is 31.1 Å². The van der Waals surface area contributed by atoms with E-state index in [1.54, 1.807) is 39.1 Å². The Kier molecular flexibility index (Phi) is 11.5. The Balaban J connectivity index is 0.000000481. The predicted molar refractivity (Wildman–Crippen MR) is 249 cm³/mol. The molecule has 1 amide bonds. The largest absolute Gasteiger partial charge is 0.438 e. The van der Waals surface area contributed by atoms with Crippen LogP contribution in [0.5, 0.6) is 0 Å². The van der Waals surface area contributed by atoms with Crippen LogP contribution in [0.2, 0.25) is 0 Å². The molecule has 5 atom stereocenters. The third-order valence-corrected chi connectivity index (χ3v) is 13.6. The summed E-state index contributed by atoms with van der Waals surface area (Å²) in [6, 6.07) is 13.8. The Bertz CT molecular complexity index is 3060. The number of ether oxygens (including phenoxy) is 1. The zero-order valence-electron chi connectivity index (χ0n) is 37.8. The van der Waals surface area contributed by atoms with Crippen LogP contribution >= 0.6 is 0 Å². The number of amides is 1. The van der Waals surface area contributed by atoms with E-state index in [0.717, 1.165) is 40.9 Å². The molecule has 17 heteroatoms. The molecule has 5 unspecified atom stereocenters. The first-order valence-electron chi connectivity index (χ1n) is 22.4. The number of fused-ring (bicyclic) bond motifs is 3. The smallest absolute Gasteiger partial charge is 0.402 e. The van der Waals surface area contributed by atoms with Gasteiger partial charge in [-0.1, -0.05) is 18.1 Å². The number of hydrogen-bond donors (Lipinski definition) is 5. The topological polar surface area (TPSA) is 205 Å². The Morgan fingerprint density at radius 1 is 1.03 bits per heavy atom. The van der Waals surface area contributed by atoms with Crippen molar-refractivity contribution in [3.05, 3.63) is 139 Å². The maximum atomic E-state index is 15.8. The van der Waals surface area contributed by atoms with E-state index in [1.165, 1.54) is 28.6 Å². The summed E-state index contributed by atoms with van der Waals surface area (Å²) in [5, 5.41) is 15.2. The second-order valence-corrected chi connectivity index (χ2v) is 18.6. The summed E-state index contributed by atoms with van der Waals surface area (Å²) in [6.07, 6.45) is 8.42. The number of anilines is 1. The molecule has 3 aliphatic heterocycles. The number of aliphatic imine (C=N–C) groups is 1. The van der Waals surface area contributed by atoms with Gasteiger partial charge in [-0.25, -0.2) is 23.4 Å². The van der Waals surface area contributed by atoms with Gasteiger partial charge in [0.25, 0.3) is 5.91 Å². The minimum Gasteiger partial charge on any atom is -0.402 e. The van der Waals surface area contributed by atoms with Gasteiger partial charge in [-0.2, -0.15) is 0 Å². The molecule has 344 valence electrons. The zero-order chi connectivity index (χ0) is 46.8. The lowest BCUT2D eigenvalue weighted by Crippen LogP contribution is -2.49. The highest BCUT2D eigenvalue weighted by atomic mass is 19.1. The highest BCUT2D eigenvalue weighted by molar-refractivity contribution is 6.05. The molecule has 0 radical (unpaired) electrons. The van der Waals surface area contributed by atoms with Gasteiger partial charge in [0.2, 0.25) is 0 Å². The molecule has 6 aromatic rings. The monoisotopic (exact) mass is 900 g/mol. The third kappa shape index (κ3) is 8.20. The van der Waals surface area contributed by atoms with Gasteiger partial charge in [-0.15, -0.1) is 0 Å². The van der Waals surface area contributed by atoms with Gasteiger partial charge in [0.1, 0.15) is 17.3 Å². The fraction of sp³-hybridized carbons (Fsp3) is 0.388. The Labute approximate surface area is 379 Å². The first kappa shape index (κ1) is 44.3. The van der Waals surface area contributed by atoms with E-state index in [9.17, 15) is 18.8 Å². The predicted octanol–water partition coefficient (Wildman–Crippen LogP) is 8.08. The molecule has 3 aromatic heterocycles. The van der Waals surface area contributed by atoms with Crippen LogP contribution in [0, 0.1) is 36.8 Å². The Morgan fingerprint density at radius 2 is 1.79 bits per heavy atom. The van der Waals surface area contributed by atoms with Crippen molar-refractivity contribution < 1.29 is 22.8 Å². The summed E-state index contributed by atoms with van der Waals surface area (Å²) in [4.78, 5) is 52.1. The van der Waals surface area contributed by atoms with Gasteiger partial charge in [0.05, 0.1) is 28.6 Å². The number of hydrogen-bond acceptors (Lipinski definition) is 10. The molecule has 3 aromatic carbocycles. The van der Waals surface area contributed by atoms with Crippen LogP contribution in [0.3, 0.4) is 0 Å². The van der Waals surface area contributed by atoms with Gasteiger partial charge in [-0.3, -0.25) is 23.4 Å². The fourth-order valence-corrected chi connectivity index (χ4v) is 10.0. The number of nitrogens with two attached hydrogens (primary N) is 1. The van der Waals surface area contributed by atoms with Gasteiger partial charge in [0, 0.05) is 78.5 Å². The molecule has 66 heavy (non-hydrogen) atoms. The summed E-state index contributed by atoms with van der Waals surface area (Å²) in [5.41, 5.74) is 11.1. The summed E-state index contributed by atoms with van der Waals surface area (Å²) in [6.45, 7) is 10.4. The van der Waals surface area contributed by atoms with Crippen LogP contribution < -0.4 is 22.5 Å². The van der Waals surface area contributed by atoms with Gasteiger partial charge in [-0.05, 0) is 131 Å². The van der Waals surface area contributed by atoms with Crippen LogP contribution in [0.15, 0.2) is 91.3 Å². The molecule has 1 aliphatic carbocycles. The molecule has 6 N–H and O–H groups in total. The summed E-state index contributed by atoms with van der Waals surface area (Å²) >= 11 is 0. The minimum absolute atomic E-state index is 0.00178. The molecule has 15 nitrogen and oxygen atoms in total. The van der Waals surface area contributed by atoms with E-state index in [4.69, 9.17) is 20.9 Å². The third-order valence-electron chi connectivity index (χ3n) is 13.6. The van der Waals surface area contributed by atoms with E-state index in [-0.39, 0.29) is 40.5 Å². The van der Waals surface area contributed by atoms with Crippen molar-refractivity contribution in [2.24, 2.45) is 16.6 Å². The van der Waals surface area contributed by atoms with E-state index in [1.807, 2.05) is 17.0 Å². The number of aromatic amines is 2. The highest BCUT2D eigenvalue weighted by Crippen LogP contribution is 2.45. The van der Waals surface area contributed by atoms with Crippen LogP contribution in [0.1, 0.15) is 110 Å². The van der Waals surface area contributed by atoms with E-state index < -0.39 is 23.3 Å². The summed E-state index contributed by atoms with van der Waals surface area (Å²) in [5.74, 6) is 0.585. The number of rotatable bonds is 8. The van der Waals surface area contributed by atoms with Crippen LogP contribution in [-0.2, 0) is 4.74 Å². The maximum absolute atomic E-state index is 15.8. The van der Waals surface area contributed by atoms with Crippen LogP contribution in [0.4, 0.5) is 20.2 Å². The first-order valence-corrected chi connectivity index (χ1v) is 22.4. The van der Waals surface area contributed by atoms with Gasteiger partial charge >= 0.3 is 11.4 Å². The van der Waals surface area contributed by atoms with E-state index in [0.29, 0.717) is 88.9 Å². The lowest BCUT2D eigenvalue weighted by atomic mass is 9.83. The standard InChI is InChI=1S/C43H46F2N8O3.C6H8N2O2/c1-23-16-28(17-24(2)38(23)44)49-40(52-14-13-51(42(52)55)36-11-9-33(48-5)30(22-46)39(36)45)37-31(47)20-29-7-10-35(37)53(29)41(54)34-19-27-18-25(6-8-32(27)50-34)26-12-15-56-43(3,4)21-26;1-3-2-4(3)5-7-6(9)10-8-5/h6,8-9,11,13-14,16-19,22,26,29,35,46,48,50H,7,10,12,15,20-21,47H2,1-5H3;3-4H,2H2,1H3,(H,7,8,9). The Hall–Kier alpha value is -6.88. The zero-order valence-corrected chi connectivity index (χ0v) is 37.8. The lowest BCUT2D eigenvalue weighted by molar-refractivity contribution is -0.0592. The quantitative estimate of drug-likeness (QED) is 0.0744. The lowest BCUT2D eigenvalue weighted by Gasteiger charge is -2.37. The molecule has 2 bridgehead atoms. The van der Waals surface area contributed by atoms with Crippen molar-refractivity contribution in [2.75, 3.05) is 19.0 Å². The van der Waals surface area contributed by atoms with E-state index >= 15 is 4.39 Å². The van der Waals surface area contributed by atoms with E-state index in [2.05, 4.69) is 57.9 Å².